The van der Waals surface area contributed by atoms with Gasteiger partial charge in [0.15, 0.2) is 0 Å². The van der Waals surface area contributed by atoms with E-state index < -0.39 is 0 Å². The van der Waals surface area contributed by atoms with Crippen LogP contribution in [-0.4, -0.2) is 0 Å². The molecule has 3 nitrogen and oxygen atoms in total. The first-order valence-corrected chi connectivity index (χ1v) is 15.9. The van der Waals surface area contributed by atoms with Crippen molar-refractivity contribution in [2.75, 3.05) is 4.90 Å². The zero-order valence-corrected chi connectivity index (χ0v) is 25.4. The minimum atomic E-state index is 0.861. The Hall–Kier alpha value is -6.32. The van der Waals surface area contributed by atoms with E-state index in [9.17, 15) is 0 Å². The fraction of sp³-hybridized carbons (Fsp3) is 0. The number of nitrogens with zero attached hydrogens (tertiary/aromatic N) is 1. The molecule has 0 fully saturated rings. The number of hydrogen-bond acceptors (Lipinski definition) is 3. The first-order valence-electron chi connectivity index (χ1n) is 15.9. The molecule has 0 atom stereocenters. The Bertz CT molecular complexity index is 2810. The normalized spacial score (nSPS) is 11.8. The van der Waals surface area contributed by atoms with Crippen LogP contribution in [0.4, 0.5) is 17.1 Å². The Morgan fingerprint density at radius 1 is 0.319 bits per heavy atom. The van der Waals surface area contributed by atoms with Gasteiger partial charge in [-0.1, -0.05) is 103 Å². The van der Waals surface area contributed by atoms with Crippen molar-refractivity contribution in [2.45, 2.75) is 0 Å². The molecule has 0 aliphatic heterocycles. The van der Waals surface area contributed by atoms with Gasteiger partial charge in [0.25, 0.3) is 0 Å². The highest BCUT2D eigenvalue weighted by Gasteiger charge is 2.19. The topological polar surface area (TPSA) is 29.5 Å². The van der Waals surface area contributed by atoms with Crippen molar-refractivity contribution in [3.8, 4) is 11.1 Å². The molecule has 0 spiro atoms. The summed E-state index contributed by atoms with van der Waals surface area (Å²) in [4.78, 5) is 2.32. The average molecular weight is 602 g/mol. The van der Waals surface area contributed by atoms with Crippen molar-refractivity contribution in [3.05, 3.63) is 164 Å². The van der Waals surface area contributed by atoms with E-state index in [0.717, 1.165) is 66.5 Å². The summed E-state index contributed by atoms with van der Waals surface area (Å²) in [6, 6.07) is 57.9. The molecule has 8 aromatic carbocycles. The van der Waals surface area contributed by atoms with E-state index >= 15 is 0 Å². The van der Waals surface area contributed by atoms with Crippen molar-refractivity contribution < 1.29 is 8.83 Å². The molecule has 2 aromatic heterocycles. The highest BCUT2D eigenvalue weighted by molar-refractivity contribution is 6.27. The van der Waals surface area contributed by atoms with Crippen LogP contribution in [-0.2, 0) is 0 Å². The molecular weight excluding hydrogens is 574 g/mol. The van der Waals surface area contributed by atoms with Gasteiger partial charge in [-0.15, -0.1) is 0 Å². The molecule has 3 heteroatoms. The summed E-state index contributed by atoms with van der Waals surface area (Å²) < 4.78 is 12.9. The lowest BCUT2D eigenvalue weighted by atomic mass is 9.97. The molecule has 0 amide bonds. The zero-order valence-electron chi connectivity index (χ0n) is 25.4. The van der Waals surface area contributed by atoms with Crippen LogP contribution in [0.5, 0.6) is 0 Å². The fourth-order valence-corrected chi connectivity index (χ4v) is 7.25. The number of fused-ring (bicyclic) bond motifs is 10. The number of furan rings is 2. The molecule has 0 radical (unpaired) electrons. The lowest BCUT2D eigenvalue weighted by molar-refractivity contribution is 0.668. The second-order valence-electron chi connectivity index (χ2n) is 12.1. The first kappa shape index (κ1) is 26.0. The van der Waals surface area contributed by atoms with Crippen LogP contribution in [0.1, 0.15) is 0 Å². The van der Waals surface area contributed by atoms with Crippen molar-refractivity contribution in [3.63, 3.8) is 0 Å². The molecule has 0 N–H and O–H groups in total. The summed E-state index contributed by atoms with van der Waals surface area (Å²) in [7, 11) is 0. The van der Waals surface area contributed by atoms with Gasteiger partial charge in [-0.2, -0.15) is 0 Å². The lowest BCUT2D eigenvalue weighted by Gasteiger charge is -2.26. The third-order valence-electron chi connectivity index (χ3n) is 9.41. The van der Waals surface area contributed by atoms with Gasteiger partial charge in [0, 0.05) is 50.1 Å². The molecule has 2 heterocycles. The molecule has 0 saturated carbocycles. The molecule has 10 rings (SSSR count). The Morgan fingerprint density at radius 2 is 0.957 bits per heavy atom. The molecule has 0 bridgehead atoms. The predicted molar refractivity (Wildman–Crippen MR) is 196 cm³/mol. The maximum absolute atomic E-state index is 6.49. The number of para-hydroxylation sites is 1. The average Bonchev–Trinajstić information content (AvgIpc) is 3.70. The standard InChI is InChI=1S/C44H27NO2/c1-2-9-28(10-3-1)31-12-8-13-32(25-31)45(34-20-22-37-36-15-6-7-16-39(36)47-42(37)27-34)33-21-24-40-38(26-33)44-41(46-40)23-19-30-18-17-29-11-4-5-14-35(29)43(30)44/h1-27H. The summed E-state index contributed by atoms with van der Waals surface area (Å²) in [6.45, 7) is 0. The molecule has 10 aromatic rings. The van der Waals surface area contributed by atoms with Gasteiger partial charge in [-0.05, 0) is 81.9 Å². The summed E-state index contributed by atoms with van der Waals surface area (Å²) in [5.41, 5.74) is 8.97. The molecule has 0 aliphatic carbocycles. The van der Waals surface area contributed by atoms with Gasteiger partial charge in [0.2, 0.25) is 0 Å². The van der Waals surface area contributed by atoms with Crippen LogP contribution in [0.15, 0.2) is 173 Å². The van der Waals surface area contributed by atoms with Crippen molar-refractivity contribution >= 4 is 82.5 Å². The van der Waals surface area contributed by atoms with E-state index in [1.807, 2.05) is 12.1 Å². The third kappa shape index (κ3) is 4.07. The highest BCUT2D eigenvalue weighted by atomic mass is 16.3. The SMILES string of the molecule is c1ccc(-c2cccc(N(c3ccc4c(c3)oc3ccccc34)c3ccc4oc5ccc6ccc7ccccc7c6c5c4c3)c2)cc1. The summed E-state index contributed by atoms with van der Waals surface area (Å²) in [5.74, 6) is 0. The number of anilines is 3. The van der Waals surface area contributed by atoms with Crippen LogP contribution in [0.25, 0.3) is 76.5 Å². The largest absolute Gasteiger partial charge is 0.456 e. The second-order valence-corrected chi connectivity index (χ2v) is 12.1. The van der Waals surface area contributed by atoms with E-state index in [0.29, 0.717) is 0 Å². The molecular formula is C44H27NO2. The molecule has 0 aliphatic rings. The van der Waals surface area contributed by atoms with Gasteiger partial charge in [0.05, 0.1) is 0 Å². The number of hydrogen-bond donors (Lipinski definition) is 0. The molecule has 47 heavy (non-hydrogen) atoms. The minimum absolute atomic E-state index is 0.861. The predicted octanol–water partition coefficient (Wildman–Crippen LogP) is 12.9. The number of rotatable bonds is 4. The van der Waals surface area contributed by atoms with Crippen LogP contribution in [0.3, 0.4) is 0 Å². The lowest BCUT2D eigenvalue weighted by Crippen LogP contribution is -2.10. The van der Waals surface area contributed by atoms with Gasteiger partial charge >= 0.3 is 0 Å². The van der Waals surface area contributed by atoms with Crippen molar-refractivity contribution in [1.29, 1.82) is 0 Å². The Kier molecular flexibility index (Phi) is 5.57. The van der Waals surface area contributed by atoms with Crippen LogP contribution in [0, 0.1) is 0 Å². The van der Waals surface area contributed by atoms with Gasteiger partial charge in [-0.25, -0.2) is 0 Å². The van der Waals surface area contributed by atoms with Crippen LogP contribution >= 0.6 is 0 Å². The van der Waals surface area contributed by atoms with Gasteiger partial charge in [0.1, 0.15) is 22.3 Å². The zero-order chi connectivity index (χ0) is 30.9. The summed E-state index contributed by atoms with van der Waals surface area (Å²) in [6.07, 6.45) is 0. The quantitative estimate of drug-likeness (QED) is 0.188. The monoisotopic (exact) mass is 601 g/mol. The van der Waals surface area contributed by atoms with E-state index in [1.165, 1.54) is 27.1 Å². The maximum Gasteiger partial charge on any atom is 0.137 e. The van der Waals surface area contributed by atoms with Crippen molar-refractivity contribution in [2.24, 2.45) is 0 Å². The van der Waals surface area contributed by atoms with Crippen LogP contribution in [0.2, 0.25) is 0 Å². The first-order chi connectivity index (χ1) is 23.3. The Balaban J connectivity index is 1.24. The van der Waals surface area contributed by atoms with Gasteiger partial charge < -0.3 is 13.7 Å². The summed E-state index contributed by atoms with van der Waals surface area (Å²) in [5, 5.41) is 9.33. The molecule has 0 saturated heterocycles. The second kappa shape index (κ2) is 10.1. The number of benzene rings is 8. The summed E-state index contributed by atoms with van der Waals surface area (Å²) >= 11 is 0. The van der Waals surface area contributed by atoms with E-state index in [2.05, 4.69) is 157 Å². The maximum atomic E-state index is 6.49. The van der Waals surface area contributed by atoms with E-state index in [1.54, 1.807) is 0 Å². The van der Waals surface area contributed by atoms with E-state index in [4.69, 9.17) is 8.83 Å². The Morgan fingerprint density at radius 3 is 1.89 bits per heavy atom. The Labute approximate surface area is 270 Å². The van der Waals surface area contributed by atoms with Gasteiger partial charge in [-0.3, -0.25) is 0 Å². The smallest absolute Gasteiger partial charge is 0.137 e. The van der Waals surface area contributed by atoms with Crippen molar-refractivity contribution in [1.82, 2.24) is 0 Å². The fourth-order valence-electron chi connectivity index (χ4n) is 7.25. The molecule has 220 valence electrons. The minimum Gasteiger partial charge on any atom is -0.456 e. The van der Waals surface area contributed by atoms with Crippen LogP contribution < -0.4 is 4.90 Å². The van der Waals surface area contributed by atoms with E-state index in [-0.39, 0.29) is 0 Å². The third-order valence-corrected chi connectivity index (χ3v) is 9.41. The highest BCUT2D eigenvalue weighted by Crippen LogP contribution is 2.44. The molecule has 0 unspecified atom stereocenters.